The number of nitrogens with one attached hydrogen (secondary N) is 2. The van der Waals surface area contributed by atoms with Crippen molar-refractivity contribution in [2.24, 2.45) is 0 Å². The number of H-pyrrole nitrogens is 1. The van der Waals surface area contributed by atoms with Crippen LogP contribution in [0.25, 0.3) is 11.3 Å². The highest BCUT2D eigenvalue weighted by atomic mass is 16.7. The Morgan fingerprint density at radius 3 is 3.00 bits per heavy atom. The van der Waals surface area contributed by atoms with E-state index in [1.807, 2.05) is 36.5 Å². The SMILES string of the molecule is c1coc(CNCc2cn[nH]c2-c2ccc3c(c2)OCO3)c1. The molecule has 0 radical (unpaired) electrons. The molecule has 0 saturated heterocycles. The lowest BCUT2D eigenvalue weighted by atomic mass is 10.1. The summed E-state index contributed by atoms with van der Waals surface area (Å²) in [6.07, 6.45) is 3.50. The van der Waals surface area contributed by atoms with E-state index in [-0.39, 0.29) is 6.79 Å². The first-order valence-electron chi connectivity index (χ1n) is 7.05. The first kappa shape index (κ1) is 13.0. The van der Waals surface area contributed by atoms with Crippen LogP contribution in [0.2, 0.25) is 0 Å². The lowest BCUT2D eigenvalue weighted by molar-refractivity contribution is 0.174. The molecule has 112 valence electrons. The molecule has 0 bridgehead atoms. The molecule has 0 atom stereocenters. The number of hydrogen-bond donors (Lipinski definition) is 2. The topological polar surface area (TPSA) is 72.3 Å². The minimum Gasteiger partial charge on any atom is -0.468 e. The highest BCUT2D eigenvalue weighted by Crippen LogP contribution is 2.36. The van der Waals surface area contributed by atoms with Gasteiger partial charge in [-0.1, -0.05) is 0 Å². The molecule has 1 aromatic carbocycles. The van der Waals surface area contributed by atoms with Crippen LogP contribution in [0.3, 0.4) is 0 Å². The van der Waals surface area contributed by atoms with E-state index in [0.29, 0.717) is 13.1 Å². The Kier molecular flexibility index (Phi) is 3.29. The predicted octanol–water partition coefficient (Wildman–Crippen LogP) is 2.69. The highest BCUT2D eigenvalue weighted by molar-refractivity contribution is 5.66. The van der Waals surface area contributed by atoms with Gasteiger partial charge in [-0.05, 0) is 30.3 Å². The molecule has 2 aromatic heterocycles. The van der Waals surface area contributed by atoms with Gasteiger partial charge in [-0.15, -0.1) is 0 Å². The molecule has 1 aliphatic rings. The third kappa shape index (κ3) is 2.44. The molecule has 1 aliphatic heterocycles. The van der Waals surface area contributed by atoms with Gasteiger partial charge in [-0.25, -0.2) is 0 Å². The largest absolute Gasteiger partial charge is 0.468 e. The van der Waals surface area contributed by atoms with Crippen molar-refractivity contribution in [3.8, 4) is 22.8 Å². The van der Waals surface area contributed by atoms with Crippen LogP contribution in [0.1, 0.15) is 11.3 Å². The van der Waals surface area contributed by atoms with Crippen LogP contribution < -0.4 is 14.8 Å². The first-order chi connectivity index (χ1) is 10.9. The van der Waals surface area contributed by atoms with Crippen molar-refractivity contribution in [1.29, 1.82) is 0 Å². The zero-order chi connectivity index (χ0) is 14.8. The standard InChI is InChI=1S/C16H15N3O3/c1-2-13(20-5-1)9-17-7-12-8-18-19-16(12)11-3-4-14-15(6-11)22-10-21-14/h1-6,8,17H,7,9-10H2,(H,18,19). The summed E-state index contributed by atoms with van der Waals surface area (Å²) < 4.78 is 16.1. The quantitative estimate of drug-likeness (QED) is 0.757. The molecule has 0 aliphatic carbocycles. The zero-order valence-electron chi connectivity index (χ0n) is 11.8. The van der Waals surface area contributed by atoms with Crippen molar-refractivity contribution >= 4 is 0 Å². The van der Waals surface area contributed by atoms with Crippen molar-refractivity contribution in [1.82, 2.24) is 15.5 Å². The van der Waals surface area contributed by atoms with Gasteiger partial charge in [0, 0.05) is 17.7 Å². The van der Waals surface area contributed by atoms with Gasteiger partial charge in [0.25, 0.3) is 0 Å². The Hall–Kier alpha value is -2.73. The summed E-state index contributed by atoms with van der Waals surface area (Å²) in [7, 11) is 0. The van der Waals surface area contributed by atoms with Crippen LogP contribution in [-0.4, -0.2) is 17.0 Å². The van der Waals surface area contributed by atoms with Gasteiger partial charge < -0.3 is 19.2 Å². The lowest BCUT2D eigenvalue weighted by Gasteiger charge is -2.05. The molecule has 3 heterocycles. The van der Waals surface area contributed by atoms with E-state index in [9.17, 15) is 0 Å². The number of ether oxygens (including phenoxy) is 2. The Labute approximate surface area is 127 Å². The van der Waals surface area contributed by atoms with Crippen LogP contribution in [0.5, 0.6) is 11.5 Å². The summed E-state index contributed by atoms with van der Waals surface area (Å²) in [4.78, 5) is 0. The molecule has 0 amide bonds. The fourth-order valence-electron chi connectivity index (χ4n) is 2.48. The maximum Gasteiger partial charge on any atom is 0.231 e. The number of furan rings is 1. The summed E-state index contributed by atoms with van der Waals surface area (Å²) in [5, 5.41) is 10.5. The normalized spacial score (nSPS) is 12.7. The van der Waals surface area contributed by atoms with E-state index in [0.717, 1.165) is 34.1 Å². The van der Waals surface area contributed by atoms with E-state index in [1.165, 1.54) is 0 Å². The molecule has 6 nitrogen and oxygen atoms in total. The van der Waals surface area contributed by atoms with E-state index < -0.39 is 0 Å². The average Bonchev–Trinajstić information content (AvgIpc) is 3.28. The van der Waals surface area contributed by atoms with Gasteiger partial charge in [0.1, 0.15) is 5.76 Å². The van der Waals surface area contributed by atoms with Crippen molar-refractivity contribution < 1.29 is 13.9 Å². The number of benzene rings is 1. The van der Waals surface area contributed by atoms with Crippen molar-refractivity contribution in [2.75, 3.05) is 6.79 Å². The average molecular weight is 297 g/mol. The molecular formula is C16H15N3O3. The summed E-state index contributed by atoms with van der Waals surface area (Å²) in [5.74, 6) is 2.45. The molecule has 22 heavy (non-hydrogen) atoms. The Balaban J connectivity index is 1.50. The fourth-order valence-corrected chi connectivity index (χ4v) is 2.48. The van der Waals surface area contributed by atoms with Gasteiger partial charge in [-0.3, -0.25) is 5.10 Å². The molecule has 0 saturated carbocycles. The second kappa shape index (κ2) is 5.57. The Bertz CT molecular complexity index is 765. The Morgan fingerprint density at radius 1 is 1.14 bits per heavy atom. The Morgan fingerprint density at radius 2 is 2.09 bits per heavy atom. The molecule has 0 spiro atoms. The number of aromatic amines is 1. The predicted molar refractivity (Wildman–Crippen MR) is 79.4 cm³/mol. The molecule has 0 fully saturated rings. The summed E-state index contributed by atoms with van der Waals surface area (Å²) in [6, 6.07) is 9.70. The molecule has 0 unspecified atom stereocenters. The summed E-state index contributed by atoms with van der Waals surface area (Å²) in [5.41, 5.74) is 3.09. The maximum absolute atomic E-state index is 5.42. The van der Waals surface area contributed by atoms with E-state index in [1.54, 1.807) is 6.26 Å². The van der Waals surface area contributed by atoms with E-state index in [4.69, 9.17) is 13.9 Å². The van der Waals surface area contributed by atoms with Crippen LogP contribution in [-0.2, 0) is 13.1 Å². The number of aromatic nitrogens is 2. The van der Waals surface area contributed by atoms with Crippen molar-refractivity contribution in [2.45, 2.75) is 13.1 Å². The lowest BCUT2D eigenvalue weighted by Crippen LogP contribution is -2.12. The zero-order valence-corrected chi connectivity index (χ0v) is 11.8. The molecule has 6 heteroatoms. The maximum atomic E-state index is 5.42. The van der Waals surface area contributed by atoms with Gasteiger partial charge in [-0.2, -0.15) is 5.10 Å². The number of nitrogens with zero attached hydrogens (tertiary/aromatic N) is 1. The van der Waals surface area contributed by atoms with Crippen LogP contribution in [0.15, 0.2) is 47.2 Å². The molecular weight excluding hydrogens is 282 g/mol. The number of rotatable bonds is 5. The van der Waals surface area contributed by atoms with Gasteiger partial charge in [0.15, 0.2) is 11.5 Å². The van der Waals surface area contributed by atoms with E-state index in [2.05, 4.69) is 15.5 Å². The highest BCUT2D eigenvalue weighted by Gasteiger charge is 2.16. The molecule has 3 aromatic rings. The third-order valence-corrected chi connectivity index (χ3v) is 3.57. The van der Waals surface area contributed by atoms with Gasteiger partial charge in [0.05, 0.1) is 24.7 Å². The van der Waals surface area contributed by atoms with Crippen molar-refractivity contribution in [3.05, 3.63) is 54.1 Å². The second-order valence-corrected chi connectivity index (χ2v) is 5.02. The molecule has 4 rings (SSSR count). The third-order valence-electron chi connectivity index (χ3n) is 3.57. The van der Waals surface area contributed by atoms with Crippen molar-refractivity contribution in [3.63, 3.8) is 0 Å². The second-order valence-electron chi connectivity index (χ2n) is 5.02. The van der Waals surface area contributed by atoms with E-state index >= 15 is 0 Å². The minimum absolute atomic E-state index is 0.277. The number of fused-ring (bicyclic) bond motifs is 1. The fraction of sp³-hybridized carbons (Fsp3) is 0.188. The smallest absolute Gasteiger partial charge is 0.231 e. The number of hydrogen-bond acceptors (Lipinski definition) is 5. The summed E-state index contributed by atoms with van der Waals surface area (Å²) in [6.45, 7) is 1.65. The van der Waals surface area contributed by atoms with Gasteiger partial charge >= 0.3 is 0 Å². The van der Waals surface area contributed by atoms with Crippen LogP contribution >= 0.6 is 0 Å². The first-order valence-corrected chi connectivity index (χ1v) is 7.05. The molecule has 2 N–H and O–H groups in total. The van der Waals surface area contributed by atoms with Gasteiger partial charge in [0.2, 0.25) is 6.79 Å². The monoisotopic (exact) mass is 297 g/mol. The minimum atomic E-state index is 0.277. The van der Waals surface area contributed by atoms with Crippen LogP contribution in [0.4, 0.5) is 0 Å². The van der Waals surface area contributed by atoms with Crippen LogP contribution in [0, 0.1) is 0 Å². The summed E-state index contributed by atoms with van der Waals surface area (Å²) >= 11 is 0.